The van der Waals surface area contributed by atoms with Crippen molar-refractivity contribution in [1.29, 1.82) is 0 Å². The Morgan fingerprint density at radius 3 is 2.05 bits per heavy atom. The van der Waals surface area contributed by atoms with Gasteiger partial charge < -0.3 is 25.2 Å². The third-order valence-corrected chi connectivity index (χ3v) is 6.17. The molecule has 3 N–H and O–H groups in total. The van der Waals surface area contributed by atoms with E-state index in [0.29, 0.717) is 0 Å². The van der Waals surface area contributed by atoms with Crippen molar-refractivity contribution in [3.8, 4) is 11.1 Å². The fourth-order valence-corrected chi connectivity index (χ4v) is 4.23. The Morgan fingerprint density at radius 2 is 1.53 bits per heavy atom. The van der Waals surface area contributed by atoms with Crippen LogP contribution in [0.15, 0.2) is 48.5 Å². The molecule has 2 atom stereocenters. The third-order valence-electron chi connectivity index (χ3n) is 6.17. The summed E-state index contributed by atoms with van der Waals surface area (Å²) in [4.78, 5) is 50.1. The number of ether oxygens (including phenoxy) is 2. The Hall–Kier alpha value is -4.08. The van der Waals surface area contributed by atoms with E-state index in [4.69, 9.17) is 14.6 Å². The lowest BCUT2D eigenvalue weighted by atomic mass is 9.98. The number of benzene rings is 2. The van der Waals surface area contributed by atoms with Crippen LogP contribution < -0.4 is 10.6 Å². The average Bonchev–Trinajstić information content (AvgIpc) is 3.17. The number of carbonyl (C=O) groups excluding carboxylic acids is 3. The van der Waals surface area contributed by atoms with Crippen LogP contribution >= 0.6 is 0 Å². The van der Waals surface area contributed by atoms with Crippen LogP contribution in [-0.4, -0.2) is 71.5 Å². The largest absolute Gasteiger partial charge is 0.480 e. The van der Waals surface area contributed by atoms with E-state index in [1.165, 1.54) is 13.8 Å². The predicted molar refractivity (Wildman–Crippen MR) is 141 cm³/mol. The van der Waals surface area contributed by atoms with Gasteiger partial charge in [0.2, 0.25) is 5.91 Å². The summed E-state index contributed by atoms with van der Waals surface area (Å²) in [5, 5.41) is 14.0. The maximum absolute atomic E-state index is 12.8. The summed E-state index contributed by atoms with van der Waals surface area (Å²) in [6, 6.07) is 13.8. The van der Waals surface area contributed by atoms with Crippen molar-refractivity contribution in [2.24, 2.45) is 0 Å². The van der Waals surface area contributed by atoms with Gasteiger partial charge in [-0.3, -0.25) is 14.5 Å². The van der Waals surface area contributed by atoms with Crippen molar-refractivity contribution in [2.45, 2.75) is 58.2 Å². The summed E-state index contributed by atoms with van der Waals surface area (Å²) in [5.41, 5.74) is 3.60. The number of carbonyl (C=O) groups is 4. The number of rotatable bonds is 9. The van der Waals surface area contributed by atoms with E-state index < -0.39 is 41.7 Å². The van der Waals surface area contributed by atoms with Crippen LogP contribution in [0.5, 0.6) is 0 Å². The molecular formula is C28H35N3O7. The minimum atomic E-state index is -1.20. The molecule has 2 aromatic carbocycles. The fourth-order valence-electron chi connectivity index (χ4n) is 4.23. The molecule has 0 heterocycles. The lowest BCUT2D eigenvalue weighted by Gasteiger charge is -2.31. The molecule has 1 aliphatic carbocycles. The maximum Gasteiger partial charge on any atom is 0.411 e. The van der Waals surface area contributed by atoms with E-state index >= 15 is 0 Å². The number of alkyl carbamates (subject to hydrolysis) is 1. The van der Waals surface area contributed by atoms with Gasteiger partial charge in [-0.1, -0.05) is 48.5 Å². The third kappa shape index (κ3) is 7.02. The fraction of sp³-hybridized carbons (Fsp3) is 0.429. The molecule has 0 aliphatic heterocycles. The molecule has 38 heavy (non-hydrogen) atoms. The molecule has 0 saturated heterocycles. The van der Waals surface area contributed by atoms with Crippen molar-refractivity contribution in [3.63, 3.8) is 0 Å². The number of aliphatic carboxylic acids is 1. The predicted octanol–water partition coefficient (Wildman–Crippen LogP) is 3.74. The van der Waals surface area contributed by atoms with Crippen LogP contribution in [0.4, 0.5) is 9.59 Å². The molecule has 0 spiro atoms. The van der Waals surface area contributed by atoms with Gasteiger partial charge in [-0.15, -0.1) is 0 Å². The highest BCUT2D eigenvalue weighted by molar-refractivity contribution is 5.89. The first kappa shape index (κ1) is 28.5. The van der Waals surface area contributed by atoms with Gasteiger partial charge in [-0.05, 0) is 56.9 Å². The van der Waals surface area contributed by atoms with E-state index in [2.05, 4.69) is 10.6 Å². The van der Waals surface area contributed by atoms with Crippen LogP contribution in [0.1, 0.15) is 51.7 Å². The summed E-state index contributed by atoms with van der Waals surface area (Å²) >= 11 is 0. The molecule has 10 nitrogen and oxygen atoms in total. The zero-order valence-electron chi connectivity index (χ0n) is 22.3. The molecule has 0 saturated carbocycles. The van der Waals surface area contributed by atoms with Gasteiger partial charge in [0, 0.05) is 19.0 Å². The van der Waals surface area contributed by atoms with Gasteiger partial charge in [-0.2, -0.15) is 0 Å². The minimum absolute atomic E-state index is 0.0119. The van der Waals surface area contributed by atoms with Gasteiger partial charge in [0.1, 0.15) is 24.3 Å². The second-order valence-corrected chi connectivity index (χ2v) is 10.2. The maximum atomic E-state index is 12.8. The molecule has 0 radical (unpaired) electrons. The van der Waals surface area contributed by atoms with Crippen LogP contribution in [-0.2, 0) is 19.1 Å². The van der Waals surface area contributed by atoms with Crippen molar-refractivity contribution in [3.05, 3.63) is 59.7 Å². The molecule has 3 rings (SSSR count). The lowest BCUT2D eigenvalue weighted by molar-refractivity contribution is -0.142. The van der Waals surface area contributed by atoms with Gasteiger partial charge in [0.25, 0.3) is 0 Å². The summed E-state index contributed by atoms with van der Waals surface area (Å²) in [5.74, 6) is -1.95. The number of carboxylic acids is 1. The molecule has 2 aromatic rings. The van der Waals surface area contributed by atoms with Crippen molar-refractivity contribution >= 4 is 24.1 Å². The Kier molecular flexibility index (Phi) is 8.98. The van der Waals surface area contributed by atoms with Crippen molar-refractivity contribution < 1.29 is 33.8 Å². The molecule has 2 unspecified atom stereocenters. The van der Waals surface area contributed by atoms with Gasteiger partial charge >= 0.3 is 18.2 Å². The van der Waals surface area contributed by atoms with E-state index in [1.807, 2.05) is 48.5 Å². The first-order valence-corrected chi connectivity index (χ1v) is 12.5. The molecule has 0 aromatic heterocycles. The van der Waals surface area contributed by atoms with Crippen LogP contribution in [0.2, 0.25) is 0 Å². The zero-order chi connectivity index (χ0) is 28.0. The molecule has 3 amide bonds. The summed E-state index contributed by atoms with van der Waals surface area (Å²) < 4.78 is 10.9. The Morgan fingerprint density at radius 1 is 0.974 bits per heavy atom. The molecule has 1 aliphatic rings. The highest BCUT2D eigenvalue weighted by Crippen LogP contribution is 2.44. The second-order valence-electron chi connectivity index (χ2n) is 10.2. The quantitative estimate of drug-likeness (QED) is 0.454. The monoisotopic (exact) mass is 525 g/mol. The summed E-state index contributed by atoms with van der Waals surface area (Å²) in [6.45, 7) is 7.92. The molecular weight excluding hydrogens is 490 g/mol. The van der Waals surface area contributed by atoms with Gasteiger partial charge in [0.15, 0.2) is 0 Å². The van der Waals surface area contributed by atoms with E-state index in [-0.39, 0.29) is 25.6 Å². The highest BCUT2D eigenvalue weighted by atomic mass is 16.6. The Balaban J connectivity index is 1.59. The molecule has 204 valence electrons. The van der Waals surface area contributed by atoms with E-state index in [0.717, 1.165) is 27.2 Å². The number of amides is 3. The number of carboxylic acid groups (broad SMARTS) is 1. The van der Waals surface area contributed by atoms with Gasteiger partial charge in [-0.25, -0.2) is 9.59 Å². The van der Waals surface area contributed by atoms with Crippen molar-refractivity contribution in [1.82, 2.24) is 15.5 Å². The highest BCUT2D eigenvalue weighted by Gasteiger charge is 2.32. The number of hydrogen-bond donors (Lipinski definition) is 3. The standard InChI is InChI=1S/C28H35N3O7/c1-17(25(33)34)30-24(32)18(2)31(27(36)38-28(3,4)5)15-14-29-26(35)37-16-23-21-12-8-6-10-19(21)20-11-7-9-13-22(20)23/h6-13,17-18,23H,14-16H2,1-5H3,(H,29,35)(H,30,32)(H,33,34). The number of hydrogen-bond acceptors (Lipinski definition) is 6. The van der Waals surface area contributed by atoms with E-state index in [1.54, 1.807) is 20.8 Å². The minimum Gasteiger partial charge on any atom is -0.480 e. The Bertz CT molecular complexity index is 1150. The van der Waals surface area contributed by atoms with E-state index in [9.17, 15) is 19.2 Å². The number of nitrogens with one attached hydrogen (secondary N) is 2. The smallest absolute Gasteiger partial charge is 0.411 e. The average molecular weight is 526 g/mol. The summed E-state index contributed by atoms with van der Waals surface area (Å²) in [6.07, 6.45) is -1.43. The van der Waals surface area contributed by atoms with Crippen molar-refractivity contribution in [2.75, 3.05) is 19.7 Å². The number of nitrogens with zero attached hydrogens (tertiary/aromatic N) is 1. The lowest BCUT2D eigenvalue weighted by Crippen LogP contribution is -2.53. The topological polar surface area (TPSA) is 134 Å². The SMILES string of the molecule is CC(NC(=O)C(C)N(CCNC(=O)OCC1c2ccccc2-c2ccccc21)C(=O)OC(C)(C)C)C(=O)O. The second kappa shape index (κ2) is 12.0. The first-order valence-electron chi connectivity index (χ1n) is 12.5. The summed E-state index contributed by atoms with van der Waals surface area (Å²) in [7, 11) is 0. The van der Waals surface area contributed by atoms with Crippen LogP contribution in [0.3, 0.4) is 0 Å². The first-order chi connectivity index (χ1) is 17.9. The van der Waals surface area contributed by atoms with Crippen LogP contribution in [0, 0.1) is 0 Å². The normalized spacial score (nSPS) is 13.9. The molecule has 0 fully saturated rings. The molecule has 0 bridgehead atoms. The van der Waals surface area contributed by atoms with Gasteiger partial charge in [0.05, 0.1) is 0 Å². The number of fused-ring (bicyclic) bond motifs is 3. The Labute approximate surface area is 222 Å². The van der Waals surface area contributed by atoms with Crippen LogP contribution in [0.25, 0.3) is 11.1 Å². The molecule has 10 heteroatoms. The zero-order valence-corrected chi connectivity index (χ0v) is 22.3.